The van der Waals surface area contributed by atoms with E-state index >= 15 is 0 Å². The van der Waals surface area contributed by atoms with Gasteiger partial charge >= 0.3 is 0 Å². The first-order chi connectivity index (χ1) is 8.13. The van der Waals surface area contributed by atoms with Crippen LogP contribution < -0.4 is 5.32 Å². The topological polar surface area (TPSA) is 58.6 Å². The summed E-state index contributed by atoms with van der Waals surface area (Å²) in [5.41, 5.74) is 1.03. The Balaban J connectivity index is 2.34. The number of amides is 1. The van der Waals surface area contributed by atoms with E-state index in [0.29, 0.717) is 6.61 Å². The summed E-state index contributed by atoms with van der Waals surface area (Å²) < 4.78 is 5.44. The van der Waals surface area contributed by atoms with E-state index in [1.807, 2.05) is 30.3 Å². The summed E-state index contributed by atoms with van der Waals surface area (Å²) in [4.78, 5) is 11.6. The lowest BCUT2D eigenvalue weighted by molar-refractivity contribution is -0.133. The summed E-state index contributed by atoms with van der Waals surface area (Å²) in [5.74, 6) is -0.206. The molecule has 2 N–H and O–H groups in total. The molecule has 0 heterocycles. The number of ether oxygens (including phenoxy) is 1. The molecule has 1 aromatic rings. The van der Waals surface area contributed by atoms with Gasteiger partial charge in [-0.1, -0.05) is 30.3 Å². The van der Waals surface area contributed by atoms with Crippen molar-refractivity contribution in [2.45, 2.75) is 32.6 Å². The second-order valence-corrected chi connectivity index (χ2v) is 4.03. The Morgan fingerprint density at radius 1 is 1.35 bits per heavy atom. The number of carbonyl (C=O) groups excluding carboxylic acids is 1. The molecule has 0 radical (unpaired) electrons. The predicted octanol–water partition coefficient (Wildman–Crippen LogP) is 1.09. The average Bonchev–Trinajstić information content (AvgIpc) is 2.36. The molecule has 17 heavy (non-hydrogen) atoms. The summed E-state index contributed by atoms with van der Waals surface area (Å²) in [6.45, 7) is 3.77. The van der Waals surface area contributed by atoms with Crippen molar-refractivity contribution in [3.05, 3.63) is 35.9 Å². The van der Waals surface area contributed by atoms with E-state index in [1.54, 1.807) is 13.8 Å². The highest BCUT2D eigenvalue weighted by Gasteiger charge is 2.15. The third-order valence-corrected chi connectivity index (χ3v) is 2.37. The fourth-order valence-corrected chi connectivity index (χ4v) is 1.28. The molecule has 0 saturated carbocycles. The Labute approximate surface area is 102 Å². The molecule has 2 atom stereocenters. The molecule has 0 aliphatic carbocycles. The van der Waals surface area contributed by atoms with Gasteiger partial charge in [-0.3, -0.25) is 4.79 Å². The number of nitrogens with one attached hydrogen (secondary N) is 1. The summed E-state index contributed by atoms with van der Waals surface area (Å²) in [6, 6.07) is 9.43. The lowest BCUT2D eigenvalue weighted by atomic mass is 10.2. The minimum atomic E-state index is -0.524. The maximum atomic E-state index is 11.6. The van der Waals surface area contributed by atoms with Gasteiger partial charge in [0.05, 0.1) is 13.2 Å². The van der Waals surface area contributed by atoms with Crippen molar-refractivity contribution >= 4 is 5.91 Å². The summed E-state index contributed by atoms with van der Waals surface area (Å²) in [6.07, 6.45) is -0.524. The van der Waals surface area contributed by atoms with Gasteiger partial charge in [0, 0.05) is 6.04 Å². The van der Waals surface area contributed by atoms with Gasteiger partial charge in [0.15, 0.2) is 0 Å². The average molecular weight is 237 g/mol. The highest BCUT2D eigenvalue weighted by Crippen LogP contribution is 2.03. The van der Waals surface area contributed by atoms with E-state index in [2.05, 4.69) is 5.32 Å². The Morgan fingerprint density at radius 3 is 2.59 bits per heavy atom. The van der Waals surface area contributed by atoms with Crippen molar-refractivity contribution in [3.8, 4) is 0 Å². The van der Waals surface area contributed by atoms with Crippen LogP contribution in [0.4, 0.5) is 0 Å². The van der Waals surface area contributed by atoms with Gasteiger partial charge in [-0.25, -0.2) is 0 Å². The number of carbonyl (C=O) groups is 1. The van der Waals surface area contributed by atoms with Crippen molar-refractivity contribution in [1.82, 2.24) is 5.32 Å². The first kappa shape index (κ1) is 13.7. The third-order valence-electron chi connectivity index (χ3n) is 2.37. The van der Waals surface area contributed by atoms with Crippen molar-refractivity contribution in [1.29, 1.82) is 0 Å². The number of benzene rings is 1. The second-order valence-electron chi connectivity index (χ2n) is 4.03. The minimum absolute atomic E-state index is 0.0723. The van der Waals surface area contributed by atoms with Gasteiger partial charge < -0.3 is 15.2 Å². The first-order valence-corrected chi connectivity index (χ1v) is 5.70. The molecule has 0 spiro atoms. The van der Waals surface area contributed by atoms with Crippen LogP contribution in [-0.2, 0) is 16.1 Å². The standard InChI is InChI=1S/C13H19NO3/c1-10(8-15)14-13(16)11(2)17-9-12-6-4-3-5-7-12/h3-7,10-11,15H,8-9H2,1-2H3,(H,14,16)/t10-,11?/m1/s1. The molecule has 4 nitrogen and oxygen atoms in total. The van der Waals surface area contributed by atoms with E-state index in [9.17, 15) is 4.79 Å². The number of hydrogen-bond acceptors (Lipinski definition) is 3. The van der Waals surface area contributed by atoms with Crippen LogP contribution in [0.5, 0.6) is 0 Å². The van der Waals surface area contributed by atoms with E-state index in [4.69, 9.17) is 9.84 Å². The van der Waals surface area contributed by atoms with Crippen molar-refractivity contribution < 1.29 is 14.6 Å². The quantitative estimate of drug-likeness (QED) is 0.778. The lowest BCUT2D eigenvalue weighted by Crippen LogP contribution is -2.41. The maximum Gasteiger partial charge on any atom is 0.249 e. The highest BCUT2D eigenvalue weighted by atomic mass is 16.5. The molecule has 4 heteroatoms. The first-order valence-electron chi connectivity index (χ1n) is 5.70. The van der Waals surface area contributed by atoms with Crippen molar-refractivity contribution in [2.24, 2.45) is 0 Å². The van der Waals surface area contributed by atoms with Gasteiger partial charge in [-0.15, -0.1) is 0 Å². The zero-order valence-electron chi connectivity index (χ0n) is 10.2. The third kappa shape index (κ3) is 4.97. The molecule has 0 bridgehead atoms. The fourth-order valence-electron chi connectivity index (χ4n) is 1.28. The Morgan fingerprint density at radius 2 is 2.00 bits per heavy atom. The van der Waals surface area contributed by atoms with Gasteiger partial charge in [0.1, 0.15) is 6.10 Å². The lowest BCUT2D eigenvalue weighted by Gasteiger charge is -2.16. The fraction of sp³-hybridized carbons (Fsp3) is 0.462. The largest absolute Gasteiger partial charge is 0.394 e. The van der Waals surface area contributed by atoms with Gasteiger partial charge in [-0.2, -0.15) is 0 Å². The molecular weight excluding hydrogens is 218 g/mol. The van der Waals surface area contributed by atoms with E-state index in [1.165, 1.54) is 0 Å². The molecule has 0 aromatic heterocycles. The van der Waals surface area contributed by atoms with Crippen LogP contribution in [0.15, 0.2) is 30.3 Å². The smallest absolute Gasteiger partial charge is 0.249 e. The molecule has 1 unspecified atom stereocenters. The summed E-state index contributed by atoms with van der Waals surface area (Å²) >= 11 is 0. The molecule has 0 aliphatic rings. The highest BCUT2D eigenvalue weighted by molar-refractivity contribution is 5.80. The monoisotopic (exact) mass is 237 g/mol. The SMILES string of the molecule is CC(OCc1ccccc1)C(=O)N[C@H](C)CO. The van der Waals surface area contributed by atoms with Gasteiger partial charge in [0.2, 0.25) is 5.91 Å². The Hall–Kier alpha value is -1.39. The number of rotatable bonds is 6. The van der Waals surface area contributed by atoms with Crippen LogP contribution in [0.1, 0.15) is 19.4 Å². The number of hydrogen-bond donors (Lipinski definition) is 2. The van der Waals surface area contributed by atoms with Gasteiger partial charge in [0.25, 0.3) is 0 Å². The summed E-state index contributed by atoms with van der Waals surface area (Å²) in [7, 11) is 0. The molecule has 0 fully saturated rings. The van der Waals surface area contributed by atoms with Crippen molar-refractivity contribution in [3.63, 3.8) is 0 Å². The van der Waals surface area contributed by atoms with E-state index < -0.39 is 6.10 Å². The van der Waals surface area contributed by atoms with Crippen LogP contribution >= 0.6 is 0 Å². The molecule has 0 saturated heterocycles. The van der Waals surface area contributed by atoms with Crippen LogP contribution in [0.25, 0.3) is 0 Å². The molecule has 0 aliphatic heterocycles. The Kier molecular flexibility index (Phi) is 5.66. The van der Waals surface area contributed by atoms with E-state index in [-0.39, 0.29) is 18.6 Å². The molecule has 1 amide bonds. The minimum Gasteiger partial charge on any atom is -0.394 e. The van der Waals surface area contributed by atoms with E-state index in [0.717, 1.165) is 5.56 Å². The van der Waals surface area contributed by atoms with Gasteiger partial charge in [-0.05, 0) is 19.4 Å². The van der Waals surface area contributed by atoms with Crippen molar-refractivity contribution in [2.75, 3.05) is 6.61 Å². The van der Waals surface area contributed by atoms with Crippen LogP contribution in [0, 0.1) is 0 Å². The normalized spacial score (nSPS) is 14.1. The van der Waals surface area contributed by atoms with Crippen LogP contribution in [0.3, 0.4) is 0 Å². The zero-order valence-corrected chi connectivity index (χ0v) is 10.2. The predicted molar refractivity (Wildman–Crippen MR) is 65.4 cm³/mol. The molecule has 1 rings (SSSR count). The van der Waals surface area contributed by atoms with Crippen LogP contribution in [0.2, 0.25) is 0 Å². The maximum absolute atomic E-state index is 11.6. The second kappa shape index (κ2) is 7.04. The molecule has 1 aromatic carbocycles. The zero-order chi connectivity index (χ0) is 12.7. The molecular formula is C13H19NO3. The summed E-state index contributed by atoms with van der Waals surface area (Å²) in [5, 5.41) is 11.5. The number of aliphatic hydroxyl groups excluding tert-OH is 1. The van der Waals surface area contributed by atoms with Crippen LogP contribution in [-0.4, -0.2) is 29.8 Å². The number of aliphatic hydroxyl groups is 1. The molecule has 94 valence electrons. The Bertz CT molecular complexity index is 340.